The molecule has 2 aromatic carbocycles. The van der Waals surface area contributed by atoms with Crippen molar-refractivity contribution in [2.45, 2.75) is 12.3 Å². The third kappa shape index (κ3) is 2.43. The van der Waals surface area contributed by atoms with Crippen LogP contribution in [0.25, 0.3) is 0 Å². The molecule has 0 saturated carbocycles. The standard InChI is InChI=1S/C16H16O2/c1-16(12-18-13-17,14-8-4-2-5-9-14)15-10-6-3-7-11-15/h2-11,13H,12H2,1H3. The summed E-state index contributed by atoms with van der Waals surface area (Å²) in [6.45, 7) is 2.93. The van der Waals surface area contributed by atoms with Crippen molar-refractivity contribution in [1.82, 2.24) is 0 Å². The Labute approximate surface area is 107 Å². The first-order chi connectivity index (χ1) is 8.77. The Kier molecular flexibility index (Phi) is 3.78. The van der Waals surface area contributed by atoms with E-state index in [4.69, 9.17) is 4.74 Å². The Hall–Kier alpha value is -2.09. The monoisotopic (exact) mass is 240 g/mol. The molecule has 0 N–H and O–H groups in total. The molecule has 0 fully saturated rings. The van der Waals surface area contributed by atoms with E-state index in [1.165, 1.54) is 0 Å². The van der Waals surface area contributed by atoms with Crippen molar-refractivity contribution >= 4 is 6.47 Å². The SMILES string of the molecule is CC(COC=O)(c1ccccc1)c1ccccc1. The fourth-order valence-electron chi connectivity index (χ4n) is 2.15. The molecule has 0 atom stereocenters. The molecule has 0 bridgehead atoms. The molecule has 0 heterocycles. The van der Waals surface area contributed by atoms with Gasteiger partial charge in [0.25, 0.3) is 6.47 Å². The minimum atomic E-state index is -0.316. The van der Waals surface area contributed by atoms with Crippen molar-refractivity contribution in [3.05, 3.63) is 71.8 Å². The molecule has 0 aliphatic carbocycles. The number of hydrogen-bond donors (Lipinski definition) is 0. The van der Waals surface area contributed by atoms with Crippen LogP contribution >= 0.6 is 0 Å². The molecule has 92 valence electrons. The zero-order valence-corrected chi connectivity index (χ0v) is 10.4. The molecule has 0 saturated heterocycles. The van der Waals surface area contributed by atoms with E-state index in [0.29, 0.717) is 13.1 Å². The highest BCUT2D eigenvalue weighted by molar-refractivity contribution is 5.42. The van der Waals surface area contributed by atoms with E-state index in [9.17, 15) is 4.79 Å². The van der Waals surface area contributed by atoms with Crippen molar-refractivity contribution in [3.63, 3.8) is 0 Å². The minimum absolute atomic E-state index is 0.316. The van der Waals surface area contributed by atoms with Gasteiger partial charge in [0.15, 0.2) is 0 Å². The quantitative estimate of drug-likeness (QED) is 0.750. The van der Waals surface area contributed by atoms with E-state index in [0.717, 1.165) is 11.1 Å². The summed E-state index contributed by atoms with van der Waals surface area (Å²) < 4.78 is 5.03. The van der Waals surface area contributed by atoms with E-state index in [1.807, 2.05) is 36.4 Å². The van der Waals surface area contributed by atoms with Gasteiger partial charge in [0, 0.05) is 0 Å². The van der Waals surface area contributed by atoms with Crippen molar-refractivity contribution in [2.75, 3.05) is 6.61 Å². The molecule has 0 radical (unpaired) electrons. The number of hydrogen-bond acceptors (Lipinski definition) is 2. The lowest BCUT2D eigenvalue weighted by molar-refractivity contribution is -0.129. The van der Waals surface area contributed by atoms with Crippen LogP contribution in [0.2, 0.25) is 0 Å². The van der Waals surface area contributed by atoms with E-state index in [1.54, 1.807) is 0 Å². The van der Waals surface area contributed by atoms with Crippen molar-refractivity contribution in [1.29, 1.82) is 0 Å². The Morgan fingerprint density at radius 3 is 1.78 bits per heavy atom. The predicted molar refractivity (Wildman–Crippen MR) is 71.4 cm³/mol. The number of rotatable bonds is 5. The van der Waals surface area contributed by atoms with Gasteiger partial charge in [-0.2, -0.15) is 0 Å². The zero-order chi connectivity index (χ0) is 12.8. The zero-order valence-electron chi connectivity index (χ0n) is 10.4. The molecule has 0 aromatic heterocycles. The van der Waals surface area contributed by atoms with E-state index < -0.39 is 0 Å². The van der Waals surface area contributed by atoms with Crippen LogP contribution in [0, 0.1) is 0 Å². The Bertz CT molecular complexity index is 452. The third-order valence-corrected chi connectivity index (χ3v) is 3.26. The third-order valence-electron chi connectivity index (χ3n) is 3.26. The van der Waals surface area contributed by atoms with Crippen molar-refractivity contribution in [3.8, 4) is 0 Å². The molecule has 0 unspecified atom stereocenters. The van der Waals surface area contributed by atoms with Crippen LogP contribution in [-0.2, 0) is 14.9 Å². The molecule has 2 heteroatoms. The van der Waals surface area contributed by atoms with Gasteiger partial charge >= 0.3 is 0 Å². The minimum Gasteiger partial charge on any atom is -0.467 e. The molecule has 0 aliphatic heterocycles. The first-order valence-electron chi connectivity index (χ1n) is 5.94. The number of benzene rings is 2. The Morgan fingerprint density at radius 2 is 1.39 bits per heavy atom. The largest absolute Gasteiger partial charge is 0.467 e. The average molecular weight is 240 g/mol. The number of carbonyl (C=O) groups is 1. The van der Waals surface area contributed by atoms with Crippen molar-refractivity contribution in [2.24, 2.45) is 0 Å². The van der Waals surface area contributed by atoms with E-state index in [2.05, 4.69) is 31.2 Å². The second-order valence-corrected chi connectivity index (χ2v) is 4.47. The lowest BCUT2D eigenvalue weighted by atomic mass is 9.77. The normalized spacial score (nSPS) is 10.9. The summed E-state index contributed by atoms with van der Waals surface area (Å²) in [6, 6.07) is 20.2. The maximum atomic E-state index is 10.5. The molecular weight excluding hydrogens is 224 g/mol. The summed E-state index contributed by atoms with van der Waals surface area (Å²) in [5, 5.41) is 0. The maximum absolute atomic E-state index is 10.5. The van der Waals surface area contributed by atoms with Gasteiger partial charge in [0.1, 0.15) is 6.61 Å². The Balaban J connectivity index is 2.44. The highest BCUT2D eigenvalue weighted by Gasteiger charge is 2.29. The van der Waals surface area contributed by atoms with Crippen LogP contribution in [0.3, 0.4) is 0 Å². The molecule has 0 aliphatic rings. The first-order valence-corrected chi connectivity index (χ1v) is 5.94. The lowest BCUT2D eigenvalue weighted by Gasteiger charge is -2.29. The Morgan fingerprint density at radius 1 is 0.944 bits per heavy atom. The van der Waals surface area contributed by atoms with E-state index >= 15 is 0 Å². The van der Waals surface area contributed by atoms with Crippen LogP contribution in [0.4, 0.5) is 0 Å². The highest BCUT2D eigenvalue weighted by Crippen LogP contribution is 2.31. The van der Waals surface area contributed by atoms with Crippen molar-refractivity contribution < 1.29 is 9.53 Å². The van der Waals surface area contributed by atoms with Crippen LogP contribution in [0.15, 0.2) is 60.7 Å². The lowest BCUT2D eigenvalue weighted by Crippen LogP contribution is -2.29. The van der Waals surface area contributed by atoms with Gasteiger partial charge in [-0.3, -0.25) is 4.79 Å². The summed E-state index contributed by atoms with van der Waals surface area (Å²) in [5.41, 5.74) is 1.96. The second kappa shape index (κ2) is 5.50. The summed E-state index contributed by atoms with van der Waals surface area (Å²) in [7, 11) is 0. The van der Waals surface area contributed by atoms with Gasteiger partial charge in [0.2, 0.25) is 0 Å². The highest BCUT2D eigenvalue weighted by atomic mass is 16.5. The van der Waals surface area contributed by atoms with Crippen LogP contribution < -0.4 is 0 Å². The summed E-state index contributed by atoms with van der Waals surface area (Å²) in [5.74, 6) is 0. The smallest absolute Gasteiger partial charge is 0.293 e. The molecular formula is C16H16O2. The molecule has 2 rings (SSSR count). The van der Waals surface area contributed by atoms with E-state index in [-0.39, 0.29) is 5.41 Å². The van der Waals surface area contributed by atoms with Gasteiger partial charge in [-0.1, -0.05) is 60.7 Å². The molecule has 0 spiro atoms. The topological polar surface area (TPSA) is 26.3 Å². The molecule has 18 heavy (non-hydrogen) atoms. The maximum Gasteiger partial charge on any atom is 0.293 e. The van der Waals surface area contributed by atoms with Gasteiger partial charge in [0.05, 0.1) is 5.41 Å². The van der Waals surface area contributed by atoms with Crippen LogP contribution in [0.5, 0.6) is 0 Å². The average Bonchev–Trinajstić information content (AvgIpc) is 2.46. The van der Waals surface area contributed by atoms with Crippen LogP contribution in [-0.4, -0.2) is 13.1 Å². The fraction of sp³-hybridized carbons (Fsp3) is 0.188. The molecule has 2 aromatic rings. The van der Waals surface area contributed by atoms with Gasteiger partial charge in [-0.05, 0) is 18.1 Å². The number of carbonyl (C=O) groups excluding carboxylic acids is 1. The molecule has 2 nitrogen and oxygen atoms in total. The summed E-state index contributed by atoms with van der Waals surface area (Å²) >= 11 is 0. The summed E-state index contributed by atoms with van der Waals surface area (Å²) in [6.07, 6.45) is 0. The first kappa shape index (κ1) is 12.4. The van der Waals surface area contributed by atoms with Crippen LogP contribution in [0.1, 0.15) is 18.1 Å². The number of ether oxygens (including phenoxy) is 1. The van der Waals surface area contributed by atoms with Gasteiger partial charge in [-0.15, -0.1) is 0 Å². The van der Waals surface area contributed by atoms with Gasteiger partial charge in [-0.25, -0.2) is 0 Å². The predicted octanol–water partition coefficient (Wildman–Crippen LogP) is 3.17. The molecule has 0 amide bonds. The summed E-state index contributed by atoms with van der Waals surface area (Å²) in [4.78, 5) is 10.5. The second-order valence-electron chi connectivity index (χ2n) is 4.47. The van der Waals surface area contributed by atoms with Gasteiger partial charge < -0.3 is 4.74 Å². The fourth-order valence-corrected chi connectivity index (χ4v) is 2.15.